The van der Waals surface area contributed by atoms with E-state index < -0.39 is 0 Å². The molecule has 0 saturated carbocycles. The molecular weight excluding hydrogens is 424 g/mol. The van der Waals surface area contributed by atoms with Gasteiger partial charge >= 0.3 is 0 Å². The summed E-state index contributed by atoms with van der Waals surface area (Å²) in [6.07, 6.45) is 24.8. The Kier molecular flexibility index (Phi) is 13.3. The third-order valence-electron chi connectivity index (χ3n) is 7.25. The zero-order valence-electron chi connectivity index (χ0n) is 22.3. The van der Waals surface area contributed by atoms with E-state index in [0.717, 1.165) is 25.9 Å². The topological polar surface area (TPSA) is 8.81 Å². The summed E-state index contributed by atoms with van der Waals surface area (Å²) in [4.78, 5) is 0. The van der Waals surface area contributed by atoms with E-state index in [1.54, 1.807) is 0 Å². The number of unbranched alkanes of at least 4 members (excludes halogenated alkanes) is 11. The first-order valence-corrected chi connectivity index (χ1v) is 14.5. The third-order valence-corrected chi connectivity index (χ3v) is 7.25. The van der Waals surface area contributed by atoms with Crippen molar-refractivity contribution in [2.24, 2.45) is 0 Å². The zero-order valence-corrected chi connectivity index (χ0v) is 22.3. The predicted octanol–water partition coefficient (Wildman–Crippen LogP) is 8.70. The highest BCUT2D eigenvalue weighted by molar-refractivity contribution is 5.18. The van der Waals surface area contributed by atoms with E-state index in [1.165, 1.54) is 100 Å². The van der Waals surface area contributed by atoms with Gasteiger partial charge < -0.3 is 0 Å². The fourth-order valence-corrected chi connectivity index (χ4v) is 5.11. The van der Waals surface area contributed by atoms with Crippen molar-refractivity contribution in [3.8, 4) is 0 Å². The number of nitrogens with zero attached hydrogens (tertiary/aromatic N) is 2. The van der Waals surface area contributed by atoms with Gasteiger partial charge in [-0.15, -0.1) is 0 Å². The van der Waals surface area contributed by atoms with Crippen LogP contribution in [0.2, 0.25) is 0 Å². The lowest BCUT2D eigenvalue weighted by atomic mass is 10.1. The molecule has 0 bridgehead atoms. The number of benzene rings is 2. The Balaban J connectivity index is 1.40. The monoisotopic (exact) mass is 473 g/mol. The van der Waals surface area contributed by atoms with Gasteiger partial charge in [0, 0.05) is 0 Å². The molecule has 0 unspecified atom stereocenters. The third kappa shape index (κ3) is 10.8. The van der Waals surface area contributed by atoms with Gasteiger partial charge in [0.05, 0.1) is 19.5 Å². The summed E-state index contributed by atoms with van der Waals surface area (Å²) in [6, 6.07) is 21.8. The second-order valence-electron chi connectivity index (χ2n) is 10.2. The van der Waals surface area contributed by atoms with E-state index in [-0.39, 0.29) is 0 Å². The van der Waals surface area contributed by atoms with Crippen molar-refractivity contribution in [3.05, 3.63) is 90.0 Å². The Morgan fingerprint density at radius 3 is 1.74 bits per heavy atom. The fourth-order valence-electron chi connectivity index (χ4n) is 5.11. The molecule has 190 valence electrons. The van der Waals surface area contributed by atoms with Gasteiger partial charge in [-0.1, -0.05) is 132 Å². The van der Waals surface area contributed by atoms with Gasteiger partial charge in [0.1, 0.15) is 12.4 Å². The van der Waals surface area contributed by atoms with Gasteiger partial charge in [0.15, 0.2) is 0 Å². The lowest BCUT2D eigenvalue weighted by molar-refractivity contribution is -0.703. The smallest absolute Gasteiger partial charge is 0.234 e. The Morgan fingerprint density at radius 2 is 1.14 bits per heavy atom. The van der Waals surface area contributed by atoms with Crippen LogP contribution in [0.25, 0.3) is 0 Å². The summed E-state index contributed by atoms with van der Waals surface area (Å²) in [5.74, 6) is 1.45. The molecule has 2 nitrogen and oxygen atoms in total. The molecule has 0 aliphatic heterocycles. The SMILES string of the molecule is CCCCCCCCCCCCCCn1cc[n+](CCCc2ccccc2)c1Cc1ccccc1. The minimum atomic E-state index is 1.01. The number of aromatic nitrogens is 2. The first-order valence-electron chi connectivity index (χ1n) is 14.5. The molecule has 0 spiro atoms. The van der Waals surface area contributed by atoms with Crippen LogP contribution in [0.3, 0.4) is 0 Å². The van der Waals surface area contributed by atoms with Gasteiger partial charge in [-0.3, -0.25) is 0 Å². The number of aryl methyl sites for hydroxylation is 3. The quantitative estimate of drug-likeness (QED) is 0.122. The van der Waals surface area contributed by atoms with Crippen LogP contribution in [-0.4, -0.2) is 4.57 Å². The van der Waals surface area contributed by atoms with Gasteiger partial charge in [-0.05, 0) is 36.8 Å². The summed E-state index contributed by atoms with van der Waals surface area (Å²) in [5, 5.41) is 0. The van der Waals surface area contributed by atoms with Crippen molar-refractivity contribution in [1.29, 1.82) is 0 Å². The van der Waals surface area contributed by atoms with Crippen molar-refractivity contribution in [2.45, 2.75) is 116 Å². The normalized spacial score (nSPS) is 11.2. The standard InChI is InChI=1S/C33H49N2/c1-2-3-4-5-6-7-8-9-10-11-12-19-26-34-28-29-35(27-20-25-31-21-15-13-16-22-31)33(34)30-32-23-17-14-18-24-32/h13-18,21-24,28-29H,2-12,19-20,25-27,30H2,1H3/q+1. The minimum absolute atomic E-state index is 1.01. The molecule has 0 atom stereocenters. The van der Waals surface area contributed by atoms with Gasteiger partial charge in [-0.2, -0.15) is 0 Å². The zero-order chi connectivity index (χ0) is 24.4. The molecule has 1 aromatic heterocycles. The van der Waals surface area contributed by atoms with Gasteiger partial charge in [0.2, 0.25) is 0 Å². The highest BCUT2D eigenvalue weighted by atomic mass is 15.1. The minimum Gasteiger partial charge on any atom is -0.234 e. The Hall–Kier alpha value is -2.35. The van der Waals surface area contributed by atoms with Crippen LogP contribution < -0.4 is 4.57 Å². The molecule has 2 aromatic carbocycles. The molecule has 3 rings (SSSR count). The van der Waals surface area contributed by atoms with E-state index in [9.17, 15) is 0 Å². The van der Waals surface area contributed by atoms with E-state index in [4.69, 9.17) is 0 Å². The van der Waals surface area contributed by atoms with Crippen LogP contribution in [0.4, 0.5) is 0 Å². The summed E-state index contributed by atoms with van der Waals surface area (Å²) in [6.45, 7) is 4.53. The van der Waals surface area contributed by atoms with Crippen molar-refractivity contribution in [1.82, 2.24) is 4.57 Å². The first kappa shape index (κ1) is 27.2. The molecule has 0 amide bonds. The maximum atomic E-state index is 2.52. The number of hydrogen-bond donors (Lipinski definition) is 0. The highest BCUT2D eigenvalue weighted by Crippen LogP contribution is 2.14. The molecular formula is C33H49N2+. The predicted molar refractivity (Wildman–Crippen MR) is 150 cm³/mol. The van der Waals surface area contributed by atoms with E-state index in [0.29, 0.717) is 0 Å². The fraction of sp³-hybridized carbons (Fsp3) is 0.545. The average Bonchev–Trinajstić information content (AvgIpc) is 3.27. The van der Waals surface area contributed by atoms with Crippen molar-refractivity contribution < 1.29 is 4.57 Å². The van der Waals surface area contributed by atoms with Crippen LogP contribution in [-0.2, 0) is 25.9 Å². The molecule has 0 saturated heterocycles. The molecule has 0 aliphatic rings. The number of hydrogen-bond acceptors (Lipinski definition) is 0. The van der Waals surface area contributed by atoms with Crippen LogP contribution >= 0.6 is 0 Å². The summed E-state index contributed by atoms with van der Waals surface area (Å²) in [7, 11) is 0. The lowest BCUT2D eigenvalue weighted by Crippen LogP contribution is -2.37. The van der Waals surface area contributed by atoms with E-state index in [2.05, 4.69) is 89.1 Å². The molecule has 2 heteroatoms. The second kappa shape index (κ2) is 17.1. The largest absolute Gasteiger partial charge is 0.260 e. The summed E-state index contributed by atoms with van der Waals surface area (Å²) >= 11 is 0. The summed E-state index contributed by atoms with van der Waals surface area (Å²) < 4.78 is 5.02. The number of rotatable bonds is 19. The van der Waals surface area contributed by atoms with Crippen LogP contribution in [0.5, 0.6) is 0 Å². The van der Waals surface area contributed by atoms with Crippen LogP contribution in [0, 0.1) is 0 Å². The van der Waals surface area contributed by atoms with E-state index >= 15 is 0 Å². The van der Waals surface area contributed by atoms with Crippen molar-refractivity contribution in [2.75, 3.05) is 0 Å². The average molecular weight is 474 g/mol. The maximum absolute atomic E-state index is 2.52. The van der Waals surface area contributed by atoms with Gasteiger partial charge in [-0.25, -0.2) is 9.13 Å². The highest BCUT2D eigenvalue weighted by Gasteiger charge is 2.17. The molecule has 0 fully saturated rings. The first-order chi connectivity index (χ1) is 17.4. The Labute approximate surface area is 215 Å². The van der Waals surface area contributed by atoms with Crippen molar-refractivity contribution in [3.63, 3.8) is 0 Å². The van der Waals surface area contributed by atoms with Crippen LogP contribution in [0.1, 0.15) is 107 Å². The molecule has 3 aromatic rings. The molecule has 0 radical (unpaired) electrons. The molecule has 0 N–H and O–H groups in total. The van der Waals surface area contributed by atoms with Gasteiger partial charge in [0.25, 0.3) is 5.82 Å². The maximum Gasteiger partial charge on any atom is 0.260 e. The molecule has 35 heavy (non-hydrogen) atoms. The second-order valence-corrected chi connectivity index (χ2v) is 10.2. The Morgan fingerprint density at radius 1 is 0.600 bits per heavy atom. The van der Waals surface area contributed by atoms with Crippen LogP contribution in [0.15, 0.2) is 73.1 Å². The number of imidazole rings is 1. The van der Waals surface area contributed by atoms with E-state index in [1.807, 2.05) is 0 Å². The summed E-state index contributed by atoms with van der Waals surface area (Å²) in [5.41, 5.74) is 2.84. The molecule has 0 aliphatic carbocycles. The van der Waals surface area contributed by atoms with Crippen molar-refractivity contribution >= 4 is 0 Å². The molecule has 1 heterocycles. The Bertz CT molecular complexity index is 897. The lowest BCUT2D eigenvalue weighted by Gasteiger charge is -2.07.